The largest absolute Gasteiger partial charge is 0.467 e. The van der Waals surface area contributed by atoms with E-state index in [0.29, 0.717) is 0 Å². The van der Waals surface area contributed by atoms with Crippen molar-refractivity contribution < 1.29 is 4.74 Å². The number of aromatic nitrogens is 3. The number of nitriles is 2. The van der Waals surface area contributed by atoms with Gasteiger partial charge in [0.15, 0.2) is 0 Å². The van der Waals surface area contributed by atoms with Gasteiger partial charge in [0.05, 0.1) is 7.11 Å². The van der Waals surface area contributed by atoms with Crippen LogP contribution in [0.5, 0.6) is 6.01 Å². The highest BCUT2D eigenvalue weighted by Gasteiger charge is 2.07. The Morgan fingerprint density at radius 2 is 1.57 bits per heavy atom. The molecule has 0 aliphatic rings. The molecule has 0 N–H and O–H groups in total. The Hall–Kier alpha value is -1.51. The van der Waals surface area contributed by atoms with Crippen LogP contribution in [-0.4, -0.2) is 22.1 Å². The molecule has 1 aromatic heterocycles. The molecule has 0 saturated carbocycles. The molecule has 0 spiro atoms. The Labute approximate surface area is 88.3 Å². The Bertz CT molecular complexity index is 375. The van der Waals surface area contributed by atoms with Crippen LogP contribution in [0.4, 0.5) is 0 Å². The van der Waals surface area contributed by atoms with Gasteiger partial charge in [-0.1, -0.05) is 0 Å². The summed E-state index contributed by atoms with van der Waals surface area (Å²) in [6.07, 6.45) is 0. The number of thioether (sulfide) groups is 2. The van der Waals surface area contributed by atoms with Gasteiger partial charge in [-0.15, -0.1) is 0 Å². The molecule has 0 amide bonds. The van der Waals surface area contributed by atoms with Crippen molar-refractivity contribution >= 4 is 23.5 Å². The van der Waals surface area contributed by atoms with E-state index < -0.39 is 0 Å². The van der Waals surface area contributed by atoms with Crippen molar-refractivity contribution in [1.82, 2.24) is 15.0 Å². The van der Waals surface area contributed by atoms with Crippen molar-refractivity contribution in [2.24, 2.45) is 0 Å². The second kappa shape index (κ2) is 5.27. The first-order chi connectivity index (χ1) is 6.80. The lowest BCUT2D eigenvalue weighted by Crippen LogP contribution is -1.97. The molecule has 0 atom stereocenters. The van der Waals surface area contributed by atoms with Crippen LogP contribution < -0.4 is 4.74 Å². The van der Waals surface area contributed by atoms with Crippen LogP contribution in [-0.2, 0) is 0 Å². The highest BCUT2D eigenvalue weighted by Crippen LogP contribution is 2.19. The molecule has 70 valence electrons. The lowest BCUT2D eigenvalue weighted by atomic mass is 11.0. The summed E-state index contributed by atoms with van der Waals surface area (Å²) in [6.45, 7) is 0. The topological polar surface area (TPSA) is 95.5 Å². The van der Waals surface area contributed by atoms with E-state index >= 15 is 0 Å². The van der Waals surface area contributed by atoms with Gasteiger partial charge in [0.25, 0.3) is 0 Å². The quantitative estimate of drug-likeness (QED) is 0.555. The summed E-state index contributed by atoms with van der Waals surface area (Å²) in [4.78, 5) is 11.4. The third kappa shape index (κ3) is 2.76. The molecule has 0 bridgehead atoms. The van der Waals surface area contributed by atoms with Gasteiger partial charge >= 0.3 is 6.01 Å². The summed E-state index contributed by atoms with van der Waals surface area (Å²) >= 11 is 1.57. The third-order valence-electron chi connectivity index (χ3n) is 1.03. The van der Waals surface area contributed by atoms with Crippen LogP contribution in [0.3, 0.4) is 0 Å². The lowest BCUT2D eigenvalue weighted by Gasteiger charge is -1.99. The molecule has 0 aromatic carbocycles. The van der Waals surface area contributed by atoms with Crippen LogP contribution >= 0.6 is 23.5 Å². The van der Waals surface area contributed by atoms with E-state index in [9.17, 15) is 0 Å². The monoisotopic (exact) mass is 225 g/mol. The van der Waals surface area contributed by atoms with Gasteiger partial charge in [0.1, 0.15) is 10.8 Å². The minimum Gasteiger partial charge on any atom is -0.467 e. The van der Waals surface area contributed by atoms with Crippen LogP contribution in [0.1, 0.15) is 0 Å². The third-order valence-corrected chi connectivity index (χ3v) is 1.94. The first kappa shape index (κ1) is 10.6. The number of hydrogen-bond donors (Lipinski definition) is 0. The predicted octanol–water partition coefficient (Wildman–Crippen LogP) is 1.03. The Kier molecular flexibility index (Phi) is 3.98. The molecule has 0 fully saturated rings. The minimum absolute atomic E-state index is 0.0931. The summed E-state index contributed by atoms with van der Waals surface area (Å²) in [7, 11) is 1.40. The Morgan fingerprint density at radius 1 is 1.07 bits per heavy atom. The molecule has 1 rings (SSSR count). The van der Waals surface area contributed by atoms with E-state index in [1.54, 1.807) is 0 Å². The maximum atomic E-state index is 8.40. The predicted molar refractivity (Wildman–Crippen MR) is 49.3 cm³/mol. The zero-order valence-electron chi connectivity index (χ0n) is 6.96. The molecule has 1 aromatic rings. The van der Waals surface area contributed by atoms with E-state index in [1.165, 1.54) is 7.11 Å². The maximum Gasteiger partial charge on any atom is 0.321 e. The number of rotatable bonds is 3. The molecule has 14 heavy (non-hydrogen) atoms. The van der Waals surface area contributed by atoms with Gasteiger partial charge in [-0.3, -0.25) is 0 Å². The lowest BCUT2D eigenvalue weighted by molar-refractivity contribution is 0.366. The number of thiocyanates is 2. The average molecular weight is 225 g/mol. The fourth-order valence-corrected chi connectivity index (χ4v) is 1.32. The van der Waals surface area contributed by atoms with Crippen LogP contribution in [0, 0.1) is 21.3 Å². The molecule has 0 aliphatic heterocycles. The molecule has 8 heteroatoms. The summed E-state index contributed by atoms with van der Waals surface area (Å²) in [6, 6.07) is 0.0931. The van der Waals surface area contributed by atoms with Gasteiger partial charge in [0.2, 0.25) is 10.3 Å². The van der Waals surface area contributed by atoms with Crippen molar-refractivity contribution in [3.8, 4) is 16.8 Å². The molecular weight excluding hydrogens is 222 g/mol. The van der Waals surface area contributed by atoms with E-state index in [2.05, 4.69) is 15.0 Å². The fraction of sp³-hybridized carbons (Fsp3) is 0.167. The fourth-order valence-electron chi connectivity index (χ4n) is 0.585. The highest BCUT2D eigenvalue weighted by molar-refractivity contribution is 8.04. The van der Waals surface area contributed by atoms with Crippen molar-refractivity contribution in [2.45, 2.75) is 10.3 Å². The molecule has 0 unspecified atom stereocenters. The van der Waals surface area contributed by atoms with Crippen molar-refractivity contribution in [1.29, 1.82) is 10.5 Å². The first-order valence-electron chi connectivity index (χ1n) is 3.22. The van der Waals surface area contributed by atoms with E-state index in [0.717, 1.165) is 23.5 Å². The van der Waals surface area contributed by atoms with Crippen molar-refractivity contribution in [2.75, 3.05) is 7.11 Å². The Morgan fingerprint density at radius 3 is 1.93 bits per heavy atom. The zero-order chi connectivity index (χ0) is 10.4. The standard InChI is InChI=1S/C6H3N5OS2/c1-12-4-9-5(13-2-7)11-6(10-4)14-3-8/h1H3. The normalized spacial score (nSPS) is 8.79. The van der Waals surface area contributed by atoms with Gasteiger partial charge in [-0.05, 0) is 0 Å². The van der Waals surface area contributed by atoms with Crippen LogP contribution in [0.25, 0.3) is 0 Å². The van der Waals surface area contributed by atoms with Gasteiger partial charge in [0, 0.05) is 23.5 Å². The average Bonchev–Trinajstić information content (AvgIpc) is 2.18. The highest BCUT2D eigenvalue weighted by atomic mass is 32.2. The smallest absolute Gasteiger partial charge is 0.321 e. The van der Waals surface area contributed by atoms with E-state index in [4.69, 9.17) is 15.3 Å². The molecule has 0 saturated heterocycles. The van der Waals surface area contributed by atoms with Gasteiger partial charge in [-0.25, -0.2) is 0 Å². The van der Waals surface area contributed by atoms with Crippen molar-refractivity contribution in [3.05, 3.63) is 0 Å². The number of nitrogens with zero attached hydrogens (tertiary/aromatic N) is 5. The minimum atomic E-state index is 0.0931. The molecule has 0 radical (unpaired) electrons. The summed E-state index contributed by atoms with van der Waals surface area (Å²) < 4.78 is 4.78. The molecular formula is C6H3N5OS2. The summed E-state index contributed by atoms with van der Waals surface area (Å²) in [5.41, 5.74) is 0. The van der Waals surface area contributed by atoms with Crippen LogP contribution in [0.15, 0.2) is 10.3 Å². The van der Waals surface area contributed by atoms with Crippen LogP contribution in [0.2, 0.25) is 0 Å². The first-order valence-corrected chi connectivity index (χ1v) is 4.85. The number of methoxy groups -OCH3 is 1. The number of hydrogen-bond acceptors (Lipinski definition) is 8. The summed E-state index contributed by atoms with van der Waals surface area (Å²) in [5.74, 6) is 0. The Balaban J connectivity index is 3.03. The van der Waals surface area contributed by atoms with E-state index in [-0.39, 0.29) is 16.3 Å². The SMILES string of the molecule is COc1nc(SC#N)nc(SC#N)n1. The number of ether oxygens (including phenoxy) is 1. The molecule has 1 heterocycles. The molecule has 6 nitrogen and oxygen atoms in total. The second-order valence-corrected chi connectivity index (χ2v) is 3.28. The zero-order valence-corrected chi connectivity index (χ0v) is 8.59. The second-order valence-electron chi connectivity index (χ2n) is 1.77. The van der Waals surface area contributed by atoms with Gasteiger partial charge in [-0.2, -0.15) is 25.5 Å². The van der Waals surface area contributed by atoms with Gasteiger partial charge < -0.3 is 4.74 Å². The maximum absolute atomic E-state index is 8.40. The van der Waals surface area contributed by atoms with Crippen molar-refractivity contribution in [3.63, 3.8) is 0 Å². The van der Waals surface area contributed by atoms with E-state index in [1.807, 2.05) is 10.8 Å². The molecule has 0 aliphatic carbocycles. The summed E-state index contributed by atoms with van der Waals surface area (Å²) in [5, 5.41) is 20.9.